The Bertz CT molecular complexity index is 260. The summed E-state index contributed by atoms with van der Waals surface area (Å²) >= 11 is 1.90. The van der Waals surface area contributed by atoms with E-state index in [-0.39, 0.29) is 0 Å². The molecular weight excluding hydrogens is 194 g/mol. The second-order valence-electron chi connectivity index (χ2n) is 3.51. The van der Waals surface area contributed by atoms with Crippen molar-refractivity contribution in [2.24, 2.45) is 7.05 Å². The lowest BCUT2D eigenvalue weighted by molar-refractivity contribution is 0.519. The van der Waals surface area contributed by atoms with Gasteiger partial charge in [-0.25, -0.2) is 0 Å². The van der Waals surface area contributed by atoms with E-state index in [1.165, 1.54) is 17.9 Å². The van der Waals surface area contributed by atoms with Crippen molar-refractivity contribution in [1.82, 2.24) is 15.1 Å². The third kappa shape index (κ3) is 3.72. The van der Waals surface area contributed by atoms with Gasteiger partial charge in [-0.2, -0.15) is 16.9 Å². The van der Waals surface area contributed by atoms with E-state index in [4.69, 9.17) is 0 Å². The molecule has 14 heavy (non-hydrogen) atoms. The summed E-state index contributed by atoms with van der Waals surface area (Å²) in [5.74, 6) is 1.22. The molecule has 1 rings (SSSR count). The van der Waals surface area contributed by atoms with Gasteiger partial charge < -0.3 is 5.32 Å². The summed E-state index contributed by atoms with van der Waals surface area (Å²) in [6, 6.07) is 2.63. The lowest BCUT2D eigenvalue weighted by atomic mass is 10.2. The summed E-state index contributed by atoms with van der Waals surface area (Å²) in [4.78, 5) is 0. The topological polar surface area (TPSA) is 29.9 Å². The van der Waals surface area contributed by atoms with E-state index in [9.17, 15) is 0 Å². The SMILES string of the molecule is CSCCC(C)NCc1ccnn1C. The summed E-state index contributed by atoms with van der Waals surface area (Å²) in [5, 5.41) is 7.62. The zero-order valence-corrected chi connectivity index (χ0v) is 9.97. The molecule has 1 aromatic rings. The first-order chi connectivity index (χ1) is 6.74. The van der Waals surface area contributed by atoms with Crippen LogP contribution in [0.15, 0.2) is 12.3 Å². The Hall–Kier alpha value is -0.480. The molecular formula is C10H19N3S. The number of aromatic nitrogens is 2. The van der Waals surface area contributed by atoms with Gasteiger partial charge in [0, 0.05) is 25.8 Å². The van der Waals surface area contributed by atoms with Crippen LogP contribution in [0.5, 0.6) is 0 Å². The molecule has 0 aliphatic heterocycles. The molecule has 0 fully saturated rings. The minimum absolute atomic E-state index is 0.581. The zero-order valence-electron chi connectivity index (χ0n) is 9.16. The van der Waals surface area contributed by atoms with Crippen LogP contribution in [0.3, 0.4) is 0 Å². The fourth-order valence-electron chi connectivity index (χ4n) is 1.25. The molecule has 0 aliphatic carbocycles. The molecule has 3 nitrogen and oxygen atoms in total. The average Bonchev–Trinajstić information content (AvgIpc) is 2.58. The lowest BCUT2D eigenvalue weighted by Gasteiger charge is -2.12. The highest BCUT2D eigenvalue weighted by Crippen LogP contribution is 2.01. The highest BCUT2D eigenvalue weighted by Gasteiger charge is 2.02. The van der Waals surface area contributed by atoms with Crippen molar-refractivity contribution in [2.45, 2.75) is 25.9 Å². The highest BCUT2D eigenvalue weighted by molar-refractivity contribution is 7.98. The van der Waals surface area contributed by atoms with E-state index in [2.05, 4.69) is 23.6 Å². The fraction of sp³-hybridized carbons (Fsp3) is 0.700. The minimum Gasteiger partial charge on any atom is -0.309 e. The Kier molecular flexibility index (Phi) is 5.04. The Morgan fingerprint density at radius 3 is 3.00 bits per heavy atom. The van der Waals surface area contributed by atoms with Crippen molar-refractivity contribution in [2.75, 3.05) is 12.0 Å². The van der Waals surface area contributed by atoms with Crippen molar-refractivity contribution < 1.29 is 0 Å². The number of aryl methyl sites for hydroxylation is 1. The highest BCUT2D eigenvalue weighted by atomic mass is 32.2. The van der Waals surface area contributed by atoms with Crippen molar-refractivity contribution in [3.05, 3.63) is 18.0 Å². The van der Waals surface area contributed by atoms with Gasteiger partial charge in [0.2, 0.25) is 0 Å². The minimum atomic E-state index is 0.581. The van der Waals surface area contributed by atoms with Crippen molar-refractivity contribution in [1.29, 1.82) is 0 Å². The van der Waals surface area contributed by atoms with E-state index in [1.807, 2.05) is 35.8 Å². The van der Waals surface area contributed by atoms with Crippen LogP contribution in [0.2, 0.25) is 0 Å². The smallest absolute Gasteiger partial charge is 0.0518 e. The molecule has 0 spiro atoms. The molecule has 80 valence electrons. The molecule has 0 aromatic carbocycles. The van der Waals surface area contributed by atoms with Crippen molar-refractivity contribution in [3.8, 4) is 0 Å². The Morgan fingerprint density at radius 2 is 2.43 bits per heavy atom. The van der Waals surface area contributed by atoms with Crippen LogP contribution in [0.1, 0.15) is 19.0 Å². The summed E-state index contributed by atoms with van der Waals surface area (Å²) in [6.07, 6.45) is 5.20. The summed E-state index contributed by atoms with van der Waals surface area (Å²) in [7, 11) is 1.98. The molecule has 0 aliphatic rings. The fourth-order valence-corrected chi connectivity index (χ4v) is 1.84. The molecule has 0 bridgehead atoms. The van der Waals surface area contributed by atoms with Crippen LogP contribution in [0, 0.1) is 0 Å². The Labute approximate surface area is 90.3 Å². The monoisotopic (exact) mass is 213 g/mol. The predicted molar refractivity (Wildman–Crippen MR) is 62.5 cm³/mol. The maximum Gasteiger partial charge on any atom is 0.0518 e. The molecule has 1 atom stereocenters. The van der Waals surface area contributed by atoms with E-state index in [1.54, 1.807) is 0 Å². The second kappa shape index (κ2) is 6.09. The number of thioether (sulfide) groups is 1. The largest absolute Gasteiger partial charge is 0.309 e. The maximum atomic E-state index is 4.13. The molecule has 4 heteroatoms. The van der Waals surface area contributed by atoms with Gasteiger partial charge in [0.25, 0.3) is 0 Å². The van der Waals surface area contributed by atoms with Crippen LogP contribution < -0.4 is 5.32 Å². The van der Waals surface area contributed by atoms with Gasteiger partial charge in [-0.15, -0.1) is 0 Å². The Morgan fingerprint density at radius 1 is 1.64 bits per heavy atom. The Balaban J connectivity index is 2.23. The van der Waals surface area contributed by atoms with Crippen LogP contribution in [0.4, 0.5) is 0 Å². The molecule has 1 heterocycles. The quantitative estimate of drug-likeness (QED) is 0.779. The zero-order chi connectivity index (χ0) is 10.4. The molecule has 0 radical (unpaired) electrons. The molecule has 0 saturated carbocycles. The molecule has 0 amide bonds. The average molecular weight is 213 g/mol. The first-order valence-corrected chi connectivity index (χ1v) is 6.32. The molecule has 1 aromatic heterocycles. The summed E-state index contributed by atoms with van der Waals surface area (Å²) in [5.41, 5.74) is 1.24. The van der Waals surface area contributed by atoms with Gasteiger partial charge in [0.1, 0.15) is 0 Å². The third-order valence-electron chi connectivity index (χ3n) is 2.31. The summed E-state index contributed by atoms with van der Waals surface area (Å²) < 4.78 is 1.91. The number of hydrogen-bond acceptors (Lipinski definition) is 3. The van der Waals surface area contributed by atoms with Gasteiger partial charge in [0.15, 0.2) is 0 Å². The van der Waals surface area contributed by atoms with E-state index in [0.717, 1.165) is 6.54 Å². The standard InChI is InChI=1S/C10H19N3S/c1-9(5-7-14-3)11-8-10-4-6-12-13(10)2/h4,6,9,11H,5,7-8H2,1-3H3. The number of nitrogens with one attached hydrogen (secondary N) is 1. The number of nitrogens with zero attached hydrogens (tertiary/aromatic N) is 2. The van der Waals surface area contributed by atoms with Gasteiger partial charge in [-0.1, -0.05) is 0 Å². The van der Waals surface area contributed by atoms with Gasteiger partial charge >= 0.3 is 0 Å². The number of rotatable bonds is 6. The molecule has 1 N–H and O–H groups in total. The van der Waals surface area contributed by atoms with Gasteiger partial charge in [-0.05, 0) is 31.4 Å². The second-order valence-corrected chi connectivity index (χ2v) is 4.50. The molecule has 1 unspecified atom stereocenters. The van der Waals surface area contributed by atoms with Gasteiger partial charge in [0.05, 0.1) is 5.69 Å². The molecule has 0 saturated heterocycles. The normalized spacial score (nSPS) is 13.1. The van der Waals surface area contributed by atoms with Crippen LogP contribution >= 0.6 is 11.8 Å². The maximum absolute atomic E-state index is 4.13. The van der Waals surface area contributed by atoms with Gasteiger partial charge in [-0.3, -0.25) is 4.68 Å². The van der Waals surface area contributed by atoms with E-state index < -0.39 is 0 Å². The van der Waals surface area contributed by atoms with Crippen molar-refractivity contribution in [3.63, 3.8) is 0 Å². The predicted octanol–water partition coefficient (Wildman–Crippen LogP) is 1.65. The first kappa shape index (κ1) is 11.6. The van der Waals surface area contributed by atoms with E-state index >= 15 is 0 Å². The van der Waals surface area contributed by atoms with Crippen LogP contribution in [-0.2, 0) is 13.6 Å². The van der Waals surface area contributed by atoms with E-state index in [0.29, 0.717) is 6.04 Å². The van der Waals surface area contributed by atoms with Crippen LogP contribution in [0.25, 0.3) is 0 Å². The first-order valence-electron chi connectivity index (χ1n) is 4.93. The summed E-state index contributed by atoms with van der Waals surface area (Å²) in [6.45, 7) is 3.14. The van der Waals surface area contributed by atoms with Crippen molar-refractivity contribution >= 4 is 11.8 Å². The van der Waals surface area contributed by atoms with Crippen LogP contribution in [-0.4, -0.2) is 27.8 Å². The number of hydrogen-bond donors (Lipinski definition) is 1. The lowest BCUT2D eigenvalue weighted by Crippen LogP contribution is -2.26. The third-order valence-corrected chi connectivity index (χ3v) is 2.95.